The van der Waals surface area contributed by atoms with E-state index in [-0.39, 0.29) is 30.7 Å². The van der Waals surface area contributed by atoms with Crippen LogP contribution in [0.3, 0.4) is 0 Å². The van der Waals surface area contributed by atoms with E-state index < -0.39 is 0 Å². The molecule has 1 saturated heterocycles. The number of imide groups is 1. The Hall–Kier alpha value is -4.14. The van der Waals surface area contributed by atoms with Crippen LogP contribution in [-0.2, 0) is 4.79 Å². The summed E-state index contributed by atoms with van der Waals surface area (Å²) in [5, 5.41) is 0. The quantitative estimate of drug-likeness (QED) is 0.526. The lowest BCUT2D eigenvalue weighted by molar-refractivity contribution is -0.131. The summed E-state index contributed by atoms with van der Waals surface area (Å²) < 4.78 is 7.34. The summed E-state index contributed by atoms with van der Waals surface area (Å²) in [7, 11) is 1.64. The molecule has 1 fully saturated rings. The lowest BCUT2D eigenvalue weighted by Gasteiger charge is -2.35. The van der Waals surface area contributed by atoms with Crippen molar-refractivity contribution in [2.45, 2.75) is 6.42 Å². The highest BCUT2D eigenvalue weighted by molar-refractivity contribution is 6.21. The minimum absolute atomic E-state index is 0.0626. The number of hydrogen-bond donors (Lipinski definition) is 0. The van der Waals surface area contributed by atoms with Gasteiger partial charge >= 0.3 is 0 Å². The highest BCUT2D eigenvalue weighted by Crippen LogP contribution is 2.24. The Morgan fingerprint density at radius 2 is 1.68 bits per heavy atom. The first-order chi connectivity index (χ1) is 16.6. The van der Waals surface area contributed by atoms with E-state index in [4.69, 9.17) is 4.74 Å². The summed E-state index contributed by atoms with van der Waals surface area (Å²) in [6.07, 6.45) is 3.78. The van der Waals surface area contributed by atoms with Gasteiger partial charge < -0.3 is 14.5 Å². The lowest BCUT2D eigenvalue weighted by Crippen LogP contribution is -2.50. The molecule has 0 aliphatic carbocycles. The molecule has 0 saturated carbocycles. The molecule has 1 aromatic heterocycles. The van der Waals surface area contributed by atoms with Gasteiger partial charge in [-0.1, -0.05) is 18.2 Å². The zero-order valence-corrected chi connectivity index (χ0v) is 18.9. The minimum atomic E-state index is -0.331. The summed E-state index contributed by atoms with van der Waals surface area (Å²) in [6, 6.07) is 14.5. The number of fused-ring (bicyclic) bond motifs is 1. The molecule has 3 aromatic rings. The number of anilines is 1. The maximum Gasteiger partial charge on any atom is 0.261 e. The number of imidazole rings is 1. The number of hydrogen-bond acceptors (Lipinski definition) is 6. The number of amides is 3. The molecule has 34 heavy (non-hydrogen) atoms. The molecule has 9 nitrogen and oxygen atoms in total. The zero-order valence-electron chi connectivity index (χ0n) is 18.9. The summed E-state index contributed by atoms with van der Waals surface area (Å²) in [5.41, 5.74) is 1.76. The predicted octanol–water partition coefficient (Wildman–Crippen LogP) is 2.22. The van der Waals surface area contributed by atoms with Crippen LogP contribution in [0.25, 0.3) is 5.69 Å². The van der Waals surface area contributed by atoms with Crippen molar-refractivity contribution in [2.75, 3.05) is 44.7 Å². The summed E-state index contributed by atoms with van der Waals surface area (Å²) in [6.45, 7) is 2.46. The van der Waals surface area contributed by atoms with Crippen LogP contribution >= 0.6 is 0 Å². The van der Waals surface area contributed by atoms with Gasteiger partial charge in [0, 0.05) is 57.6 Å². The molecule has 2 aliphatic heterocycles. The Kier molecular flexibility index (Phi) is 5.75. The molecule has 3 heterocycles. The van der Waals surface area contributed by atoms with Gasteiger partial charge in [-0.2, -0.15) is 0 Å². The Balaban J connectivity index is 1.18. The fourth-order valence-corrected chi connectivity index (χ4v) is 4.46. The van der Waals surface area contributed by atoms with Crippen molar-refractivity contribution in [1.82, 2.24) is 19.4 Å². The number of methoxy groups -OCH3 is 1. The van der Waals surface area contributed by atoms with Gasteiger partial charge in [-0.05, 0) is 24.3 Å². The second-order valence-corrected chi connectivity index (χ2v) is 8.22. The average Bonchev–Trinajstić information content (AvgIpc) is 3.47. The molecule has 5 rings (SSSR count). The number of rotatable bonds is 6. The van der Waals surface area contributed by atoms with Crippen molar-refractivity contribution in [1.29, 1.82) is 0 Å². The zero-order chi connectivity index (χ0) is 23.7. The van der Waals surface area contributed by atoms with Gasteiger partial charge in [0.2, 0.25) is 11.9 Å². The van der Waals surface area contributed by atoms with Gasteiger partial charge in [0.15, 0.2) is 0 Å². The molecule has 0 N–H and O–H groups in total. The highest BCUT2D eigenvalue weighted by Gasteiger charge is 2.35. The van der Waals surface area contributed by atoms with E-state index in [9.17, 15) is 14.4 Å². The first-order valence-electron chi connectivity index (χ1n) is 11.2. The Labute approximate surface area is 197 Å². The Morgan fingerprint density at radius 3 is 2.35 bits per heavy atom. The van der Waals surface area contributed by atoms with Gasteiger partial charge in [0.1, 0.15) is 5.75 Å². The predicted molar refractivity (Wildman–Crippen MR) is 125 cm³/mol. The summed E-state index contributed by atoms with van der Waals surface area (Å²) in [5.74, 6) is 0.856. The van der Waals surface area contributed by atoms with Gasteiger partial charge in [0.05, 0.1) is 23.9 Å². The molecular weight excluding hydrogens is 434 g/mol. The number of carbonyl (C=O) groups is 3. The molecule has 0 atom stereocenters. The molecule has 3 amide bonds. The number of benzene rings is 2. The van der Waals surface area contributed by atoms with E-state index in [2.05, 4.69) is 9.88 Å². The van der Waals surface area contributed by atoms with Gasteiger partial charge in [0.25, 0.3) is 11.8 Å². The fourth-order valence-electron chi connectivity index (χ4n) is 4.46. The SMILES string of the molecule is COc1cccc(-n2ccnc2N2CCN(C(=O)CCN3C(=O)c4ccccc4C3=O)CC2)c1. The van der Waals surface area contributed by atoms with E-state index in [1.54, 1.807) is 42.5 Å². The number of nitrogens with zero attached hydrogens (tertiary/aromatic N) is 5. The highest BCUT2D eigenvalue weighted by atomic mass is 16.5. The van der Waals surface area contributed by atoms with Crippen molar-refractivity contribution < 1.29 is 19.1 Å². The topological polar surface area (TPSA) is 88.0 Å². The number of ether oxygens (including phenoxy) is 1. The first-order valence-corrected chi connectivity index (χ1v) is 11.2. The van der Waals surface area contributed by atoms with Crippen molar-refractivity contribution >= 4 is 23.7 Å². The lowest BCUT2D eigenvalue weighted by atomic mass is 10.1. The minimum Gasteiger partial charge on any atom is -0.497 e. The second kappa shape index (κ2) is 9.01. The van der Waals surface area contributed by atoms with Crippen LogP contribution in [-0.4, -0.2) is 76.9 Å². The third-order valence-corrected chi connectivity index (χ3v) is 6.30. The van der Waals surface area contributed by atoms with Crippen molar-refractivity contribution in [3.05, 3.63) is 72.1 Å². The Morgan fingerprint density at radius 1 is 0.971 bits per heavy atom. The van der Waals surface area contributed by atoms with Crippen molar-refractivity contribution in [3.63, 3.8) is 0 Å². The maximum absolute atomic E-state index is 12.8. The van der Waals surface area contributed by atoms with Gasteiger partial charge in [-0.25, -0.2) is 4.98 Å². The van der Waals surface area contributed by atoms with E-state index in [1.807, 2.05) is 35.0 Å². The normalized spacial score (nSPS) is 15.6. The van der Waals surface area contributed by atoms with Crippen molar-refractivity contribution in [2.24, 2.45) is 0 Å². The van der Waals surface area contributed by atoms with Crippen LogP contribution < -0.4 is 9.64 Å². The first kappa shape index (κ1) is 21.7. The fraction of sp³-hybridized carbons (Fsp3) is 0.280. The van der Waals surface area contributed by atoms with E-state index in [0.29, 0.717) is 37.3 Å². The molecule has 2 aromatic carbocycles. The van der Waals surface area contributed by atoms with Crippen LogP contribution in [0.4, 0.5) is 5.95 Å². The second-order valence-electron chi connectivity index (χ2n) is 8.22. The van der Waals surface area contributed by atoms with E-state index in [0.717, 1.165) is 17.4 Å². The van der Waals surface area contributed by atoms with Crippen LogP contribution in [0.5, 0.6) is 5.75 Å². The number of piperazine rings is 1. The van der Waals surface area contributed by atoms with Crippen LogP contribution in [0.1, 0.15) is 27.1 Å². The maximum atomic E-state index is 12.8. The number of aromatic nitrogens is 2. The van der Waals surface area contributed by atoms with Crippen LogP contribution in [0, 0.1) is 0 Å². The number of carbonyl (C=O) groups excluding carboxylic acids is 3. The van der Waals surface area contributed by atoms with Gasteiger partial charge in [-0.3, -0.25) is 23.9 Å². The molecule has 9 heteroatoms. The molecule has 174 valence electrons. The van der Waals surface area contributed by atoms with E-state index in [1.165, 1.54) is 4.90 Å². The molecule has 0 unspecified atom stereocenters. The molecule has 0 radical (unpaired) electrons. The van der Waals surface area contributed by atoms with Crippen molar-refractivity contribution in [3.8, 4) is 11.4 Å². The van der Waals surface area contributed by atoms with Crippen LogP contribution in [0.15, 0.2) is 60.9 Å². The summed E-state index contributed by atoms with van der Waals surface area (Å²) in [4.78, 5) is 47.5. The molecular formula is C25H25N5O4. The van der Waals surface area contributed by atoms with Crippen LogP contribution in [0.2, 0.25) is 0 Å². The third-order valence-electron chi connectivity index (χ3n) is 6.30. The average molecular weight is 460 g/mol. The summed E-state index contributed by atoms with van der Waals surface area (Å²) >= 11 is 0. The smallest absolute Gasteiger partial charge is 0.261 e. The monoisotopic (exact) mass is 459 g/mol. The Bertz CT molecular complexity index is 1210. The molecule has 0 spiro atoms. The standard InChI is InChI=1S/C25H25N5O4/c1-34-19-6-4-5-18(17-19)29-12-10-26-25(29)28-15-13-27(14-16-28)22(31)9-11-30-23(32)20-7-2-3-8-21(20)24(30)33/h2-8,10,12,17H,9,11,13-16H2,1H3. The third kappa shape index (κ3) is 3.89. The molecule has 2 aliphatic rings. The molecule has 0 bridgehead atoms. The van der Waals surface area contributed by atoms with E-state index >= 15 is 0 Å². The largest absolute Gasteiger partial charge is 0.497 e. The van der Waals surface area contributed by atoms with Gasteiger partial charge in [-0.15, -0.1) is 0 Å².